The number of anilines is 1. The number of nitrogens with zero attached hydrogens (tertiary/aromatic N) is 5. The first-order valence-corrected chi connectivity index (χ1v) is 10.4. The van der Waals surface area contributed by atoms with Crippen LogP contribution in [0.3, 0.4) is 0 Å². The number of aromatic nitrogens is 5. The van der Waals surface area contributed by atoms with Gasteiger partial charge in [0.2, 0.25) is 0 Å². The summed E-state index contributed by atoms with van der Waals surface area (Å²) < 4.78 is 35.2. The minimum absolute atomic E-state index is 0.0546. The van der Waals surface area contributed by atoms with Crippen molar-refractivity contribution in [3.8, 4) is 22.9 Å². The molecular weight excluding hydrogens is 446 g/mol. The molecule has 0 aliphatic rings. The first-order chi connectivity index (χ1) is 16.1. The predicted molar refractivity (Wildman–Crippen MR) is 119 cm³/mol. The Morgan fingerprint density at radius 3 is 2.59 bits per heavy atom. The molecular formula is C23H22F2N6O3. The SMILES string of the molecule is CC(C)(C)[C@@H](Nc1nc(-c2cc(-c3ccon3)n(Cc3ccccc3F)n2)ncc1F)C(=O)O. The molecule has 0 unspecified atom stereocenters. The fraction of sp³-hybridized carbons (Fsp3) is 0.261. The molecule has 0 amide bonds. The van der Waals surface area contributed by atoms with Crippen LogP contribution in [0.2, 0.25) is 0 Å². The Labute approximate surface area is 193 Å². The molecule has 4 rings (SSSR count). The number of rotatable bonds is 7. The minimum Gasteiger partial charge on any atom is -0.480 e. The molecule has 0 aliphatic heterocycles. The maximum absolute atomic E-state index is 14.5. The Morgan fingerprint density at radius 2 is 1.94 bits per heavy atom. The van der Waals surface area contributed by atoms with E-state index >= 15 is 0 Å². The Morgan fingerprint density at radius 1 is 1.18 bits per heavy atom. The molecule has 1 aromatic carbocycles. The van der Waals surface area contributed by atoms with Gasteiger partial charge in [-0.3, -0.25) is 4.68 Å². The van der Waals surface area contributed by atoms with Crippen LogP contribution in [0.15, 0.2) is 53.4 Å². The molecule has 0 fully saturated rings. The molecule has 0 spiro atoms. The van der Waals surface area contributed by atoms with Crippen LogP contribution in [-0.2, 0) is 11.3 Å². The molecule has 9 nitrogen and oxygen atoms in total. The average molecular weight is 468 g/mol. The van der Waals surface area contributed by atoms with Crippen molar-refractivity contribution in [1.82, 2.24) is 24.9 Å². The monoisotopic (exact) mass is 468 g/mol. The van der Waals surface area contributed by atoms with Crippen LogP contribution < -0.4 is 5.32 Å². The lowest BCUT2D eigenvalue weighted by molar-refractivity contribution is -0.140. The van der Waals surface area contributed by atoms with Crippen molar-refractivity contribution in [2.45, 2.75) is 33.4 Å². The van der Waals surface area contributed by atoms with E-state index in [1.54, 1.807) is 51.1 Å². The lowest BCUT2D eigenvalue weighted by atomic mass is 9.87. The first-order valence-electron chi connectivity index (χ1n) is 10.4. The molecule has 0 saturated heterocycles. The van der Waals surface area contributed by atoms with E-state index in [9.17, 15) is 18.7 Å². The molecule has 4 aromatic rings. The predicted octanol–water partition coefficient (Wildman–Crippen LogP) is 4.23. The summed E-state index contributed by atoms with van der Waals surface area (Å²) in [5.74, 6) is -2.55. The number of nitrogens with one attached hydrogen (secondary N) is 1. The highest BCUT2D eigenvalue weighted by Crippen LogP contribution is 2.28. The van der Waals surface area contributed by atoms with Crippen LogP contribution in [0.5, 0.6) is 0 Å². The number of halogens is 2. The van der Waals surface area contributed by atoms with Gasteiger partial charge in [0.1, 0.15) is 29.5 Å². The zero-order valence-electron chi connectivity index (χ0n) is 18.7. The third-order valence-corrected chi connectivity index (χ3v) is 5.13. The van der Waals surface area contributed by atoms with Crippen LogP contribution in [0.4, 0.5) is 14.6 Å². The van der Waals surface area contributed by atoms with Crippen molar-refractivity contribution < 1.29 is 23.2 Å². The molecule has 2 N–H and O–H groups in total. The molecule has 1 atom stereocenters. The van der Waals surface area contributed by atoms with Gasteiger partial charge in [-0.15, -0.1) is 0 Å². The van der Waals surface area contributed by atoms with E-state index in [2.05, 4.69) is 25.5 Å². The van der Waals surface area contributed by atoms with Gasteiger partial charge in [0.25, 0.3) is 0 Å². The fourth-order valence-corrected chi connectivity index (χ4v) is 3.36. The van der Waals surface area contributed by atoms with E-state index in [0.717, 1.165) is 6.20 Å². The van der Waals surface area contributed by atoms with E-state index in [1.165, 1.54) is 17.0 Å². The molecule has 3 heterocycles. The van der Waals surface area contributed by atoms with E-state index in [4.69, 9.17) is 4.52 Å². The molecule has 0 aliphatic carbocycles. The number of benzene rings is 1. The summed E-state index contributed by atoms with van der Waals surface area (Å²) in [5, 5.41) is 20.6. The Balaban J connectivity index is 1.74. The highest BCUT2D eigenvalue weighted by Gasteiger charge is 2.32. The van der Waals surface area contributed by atoms with E-state index in [1.807, 2.05) is 0 Å². The summed E-state index contributed by atoms with van der Waals surface area (Å²) in [4.78, 5) is 19.9. The molecule has 0 bridgehead atoms. The van der Waals surface area contributed by atoms with Crippen LogP contribution in [0.25, 0.3) is 22.9 Å². The molecule has 0 radical (unpaired) electrons. The van der Waals surface area contributed by atoms with E-state index in [-0.39, 0.29) is 23.9 Å². The number of aliphatic carboxylic acids is 1. The second kappa shape index (κ2) is 9.00. The van der Waals surface area contributed by atoms with Gasteiger partial charge in [0, 0.05) is 11.6 Å². The van der Waals surface area contributed by atoms with Gasteiger partial charge in [-0.05, 0) is 17.5 Å². The highest BCUT2D eigenvalue weighted by molar-refractivity contribution is 5.78. The summed E-state index contributed by atoms with van der Waals surface area (Å²) in [7, 11) is 0. The average Bonchev–Trinajstić information content (AvgIpc) is 3.43. The highest BCUT2D eigenvalue weighted by atomic mass is 19.1. The van der Waals surface area contributed by atoms with E-state index in [0.29, 0.717) is 17.0 Å². The summed E-state index contributed by atoms with van der Waals surface area (Å²) in [6.07, 6.45) is 2.34. The van der Waals surface area contributed by atoms with Crippen molar-refractivity contribution in [1.29, 1.82) is 0 Å². The molecule has 11 heteroatoms. The maximum atomic E-state index is 14.5. The summed E-state index contributed by atoms with van der Waals surface area (Å²) in [6, 6.07) is 8.44. The van der Waals surface area contributed by atoms with Crippen molar-refractivity contribution in [2.24, 2.45) is 5.41 Å². The van der Waals surface area contributed by atoms with Crippen LogP contribution >= 0.6 is 0 Å². The number of carboxylic acid groups (broad SMARTS) is 1. The van der Waals surface area contributed by atoms with Crippen LogP contribution in [0, 0.1) is 17.0 Å². The van der Waals surface area contributed by atoms with Crippen molar-refractivity contribution in [3.05, 3.63) is 66.1 Å². The van der Waals surface area contributed by atoms with Crippen molar-refractivity contribution >= 4 is 11.8 Å². The number of carbonyl (C=O) groups is 1. The number of hydrogen-bond donors (Lipinski definition) is 2. The fourth-order valence-electron chi connectivity index (χ4n) is 3.36. The van der Waals surface area contributed by atoms with Gasteiger partial charge in [-0.25, -0.2) is 23.5 Å². The van der Waals surface area contributed by atoms with E-state index < -0.39 is 29.1 Å². The Hall–Kier alpha value is -4.15. The number of carboxylic acids is 1. The second-order valence-electron chi connectivity index (χ2n) is 8.72. The van der Waals surface area contributed by atoms with Crippen molar-refractivity contribution in [3.63, 3.8) is 0 Å². The van der Waals surface area contributed by atoms with Gasteiger partial charge in [0.15, 0.2) is 17.5 Å². The second-order valence-corrected chi connectivity index (χ2v) is 8.72. The van der Waals surface area contributed by atoms with Crippen molar-refractivity contribution in [2.75, 3.05) is 5.32 Å². The summed E-state index contributed by atoms with van der Waals surface area (Å²) >= 11 is 0. The maximum Gasteiger partial charge on any atom is 0.326 e. The number of hydrogen-bond acceptors (Lipinski definition) is 7. The summed E-state index contributed by atoms with van der Waals surface area (Å²) in [5.41, 5.74) is 0.908. The summed E-state index contributed by atoms with van der Waals surface area (Å²) in [6.45, 7) is 5.24. The molecule has 176 valence electrons. The zero-order chi connectivity index (χ0) is 24.5. The van der Waals surface area contributed by atoms with Gasteiger partial charge < -0.3 is 14.9 Å². The standard InChI is InChI=1S/C23H22F2N6O3/c1-23(2,3)19(22(32)33)27-20-15(25)11-26-21(28-20)17-10-18(16-8-9-34-30-16)31(29-17)12-13-6-4-5-7-14(13)24/h4-11,19H,12H2,1-3H3,(H,32,33)(H,26,27,28)/t19-/m0/s1. The van der Waals surface area contributed by atoms with Gasteiger partial charge in [0.05, 0.1) is 18.4 Å². The third-order valence-electron chi connectivity index (χ3n) is 5.13. The Kier molecular flexibility index (Phi) is 6.10. The Bertz CT molecular complexity index is 1310. The first kappa shape index (κ1) is 23.0. The van der Waals surface area contributed by atoms with Crippen LogP contribution in [0.1, 0.15) is 26.3 Å². The zero-order valence-corrected chi connectivity index (χ0v) is 18.7. The van der Waals surface area contributed by atoms with Gasteiger partial charge >= 0.3 is 5.97 Å². The molecule has 34 heavy (non-hydrogen) atoms. The van der Waals surface area contributed by atoms with Gasteiger partial charge in [-0.2, -0.15) is 5.10 Å². The largest absolute Gasteiger partial charge is 0.480 e. The smallest absolute Gasteiger partial charge is 0.326 e. The quantitative estimate of drug-likeness (QED) is 0.414. The normalized spacial score (nSPS) is 12.5. The third kappa shape index (κ3) is 4.77. The van der Waals surface area contributed by atoms with Crippen LogP contribution in [-0.4, -0.2) is 42.0 Å². The topological polar surface area (TPSA) is 119 Å². The lowest BCUT2D eigenvalue weighted by Gasteiger charge is -2.28. The van der Waals surface area contributed by atoms with Gasteiger partial charge in [-0.1, -0.05) is 44.1 Å². The molecule has 3 aromatic heterocycles. The minimum atomic E-state index is -1.14. The lowest BCUT2D eigenvalue weighted by Crippen LogP contribution is -2.41. The molecule has 0 saturated carbocycles.